The number of thiophene rings is 1. The van der Waals surface area contributed by atoms with E-state index < -0.39 is 10.0 Å². The van der Waals surface area contributed by atoms with E-state index in [0.29, 0.717) is 21.7 Å². The minimum atomic E-state index is -3.62. The molecule has 0 radical (unpaired) electrons. The highest BCUT2D eigenvalue weighted by Gasteiger charge is 2.18. The minimum absolute atomic E-state index is 0.222. The van der Waals surface area contributed by atoms with Gasteiger partial charge in [-0.25, -0.2) is 8.42 Å². The maximum Gasteiger partial charge on any atom is 0.271 e. The van der Waals surface area contributed by atoms with E-state index in [1.807, 2.05) is 0 Å². The number of hydrogen-bond donors (Lipinski definition) is 2. The van der Waals surface area contributed by atoms with Gasteiger partial charge in [-0.2, -0.15) is 0 Å². The summed E-state index contributed by atoms with van der Waals surface area (Å²) in [5.41, 5.74) is 5.87. The number of sulfonamides is 1. The third kappa shape index (κ3) is 3.29. The molecule has 0 spiro atoms. The smallest absolute Gasteiger partial charge is 0.271 e. The van der Waals surface area contributed by atoms with Crippen molar-refractivity contribution in [1.29, 1.82) is 0 Å². The van der Waals surface area contributed by atoms with Crippen LogP contribution in [0.1, 0.15) is 4.88 Å². The van der Waals surface area contributed by atoms with Crippen LogP contribution >= 0.6 is 38.9 Å². The Morgan fingerprint density at radius 2 is 2.05 bits per heavy atom. The Kier molecular flexibility index (Phi) is 4.52. The predicted octanol–water partition coefficient (Wildman–Crippen LogP) is 3.42. The van der Waals surface area contributed by atoms with E-state index in [4.69, 9.17) is 17.3 Å². The molecule has 0 amide bonds. The van der Waals surface area contributed by atoms with Gasteiger partial charge < -0.3 is 5.73 Å². The summed E-state index contributed by atoms with van der Waals surface area (Å²) in [5.74, 6) is 0. The van der Waals surface area contributed by atoms with Gasteiger partial charge in [-0.05, 0) is 40.2 Å². The number of benzene rings is 1. The Morgan fingerprint density at radius 3 is 2.68 bits per heavy atom. The van der Waals surface area contributed by atoms with Crippen molar-refractivity contribution in [3.05, 3.63) is 44.7 Å². The number of nitrogens with one attached hydrogen (secondary N) is 1. The van der Waals surface area contributed by atoms with Crippen LogP contribution in [0, 0.1) is 0 Å². The van der Waals surface area contributed by atoms with Crippen LogP contribution in [0.2, 0.25) is 5.02 Å². The highest BCUT2D eigenvalue weighted by atomic mass is 79.9. The predicted molar refractivity (Wildman–Crippen MR) is 82.2 cm³/mol. The molecule has 102 valence electrons. The zero-order valence-corrected chi connectivity index (χ0v) is 13.5. The lowest BCUT2D eigenvalue weighted by atomic mass is 10.3. The van der Waals surface area contributed by atoms with Crippen LogP contribution < -0.4 is 10.5 Å². The SMILES string of the molecule is NCc1ccc(S(=O)(=O)Nc2cccc(Cl)c2Br)s1. The largest absolute Gasteiger partial charge is 0.326 e. The van der Waals surface area contributed by atoms with E-state index in [-0.39, 0.29) is 4.21 Å². The Morgan fingerprint density at radius 1 is 1.32 bits per heavy atom. The van der Waals surface area contributed by atoms with E-state index in [1.165, 1.54) is 6.07 Å². The summed E-state index contributed by atoms with van der Waals surface area (Å²) in [6.45, 7) is 0.320. The highest BCUT2D eigenvalue weighted by Crippen LogP contribution is 2.32. The third-order valence-electron chi connectivity index (χ3n) is 2.30. The summed E-state index contributed by atoms with van der Waals surface area (Å²) in [6.07, 6.45) is 0. The lowest BCUT2D eigenvalue weighted by Gasteiger charge is -2.09. The first-order valence-corrected chi connectivity index (χ1v) is 8.66. The van der Waals surface area contributed by atoms with Gasteiger partial charge in [0.25, 0.3) is 10.0 Å². The number of nitrogens with two attached hydrogens (primary N) is 1. The van der Waals surface area contributed by atoms with E-state index >= 15 is 0 Å². The molecule has 0 aliphatic carbocycles. The summed E-state index contributed by atoms with van der Waals surface area (Å²) in [6, 6.07) is 8.21. The molecule has 0 atom stereocenters. The maximum absolute atomic E-state index is 12.2. The quantitative estimate of drug-likeness (QED) is 0.852. The topological polar surface area (TPSA) is 72.2 Å². The highest BCUT2D eigenvalue weighted by molar-refractivity contribution is 9.10. The molecule has 19 heavy (non-hydrogen) atoms. The van der Waals surface area contributed by atoms with Crippen molar-refractivity contribution < 1.29 is 8.42 Å². The Labute approximate surface area is 128 Å². The van der Waals surface area contributed by atoms with Gasteiger partial charge in [-0.1, -0.05) is 17.7 Å². The van der Waals surface area contributed by atoms with Gasteiger partial charge in [0.05, 0.1) is 15.2 Å². The van der Waals surface area contributed by atoms with Crippen LogP contribution in [0.4, 0.5) is 5.69 Å². The Hall–Kier alpha value is -0.600. The molecule has 0 aliphatic heterocycles. The molecule has 4 nitrogen and oxygen atoms in total. The zero-order chi connectivity index (χ0) is 14.0. The molecule has 2 aromatic rings. The summed E-state index contributed by atoms with van der Waals surface area (Å²) in [5, 5.41) is 0.439. The second-order valence-corrected chi connectivity index (χ2v) is 7.91. The molecule has 1 heterocycles. The van der Waals surface area contributed by atoms with Gasteiger partial charge in [-0.3, -0.25) is 4.72 Å². The van der Waals surface area contributed by atoms with Gasteiger partial charge >= 0.3 is 0 Å². The van der Waals surface area contributed by atoms with Crippen molar-refractivity contribution in [2.45, 2.75) is 10.8 Å². The molecule has 2 rings (SSSR count). The van der Waals surface area contributed by atoms with Crippen LogP contribution in [0.3, 0.4) is 0 Å². The summed E-state index contributed by atoms with van der Waals surface area (Å²) in [7, 11) is -3.62. The molecular weight excluding hydrogens is 372 g/mol. The van der Waals surface area contributed by atoms with Crippen molar-refractivity contribution in [2.24, 2.45) is 5.73 Å². The van der Waals surface area contributed by atoms with E-state index in [0.717, 1.165) is 16.2 Å². The maximum atomic E-state index is 12.2. The minimum Gasteiger partial charge on any atom is -0.326 e. The molecular formula is C11H10BrClN2O2S2. The number of anilines is 1. The van der Waals surface area contributed by atoms with Gasteiger partial charge in [-0.15, -0.1) is 11.3 Å². The fourth-order valence-electron chi connectivity index (χ4n) is 1.39. The molecule has 0 bridgehead atoms. The van der Waals surface area contributed by atoms with Crippen LogP contribution in [0.25, 0.3) is 0 Å². The van der Waals surface area contributed by atoms with Gasteiger partial charge in [0.15, 0.2) is 0 Å². The monoisotopic (exact) mass is 380 g/mol. The Balaban J connectivity index is 2.33. The number of rotatable bonds is 4. The van der Waals surface area contributed by atoms with Crippen LogP contribution in [0.15, 0.2) is 39.0 Å². The van der Waals surface area contributed by atoms with Crippen LogP contribution in [-0.2, 0) is 16.6 Å². The molecule has 1 aromatic carbocycles. The average molecular weight is 382 g/mol. The van der Waals surface area contributed by atoms with Crippen LogP contribution in [-0.4, -0.2) is 8.42 Å². The summed E-state index contributed by atoms with van der Waals surface area (Å²) >= 11 is 10.3. The van der Waals surface area contributed by atoms with Crippen molar-refractivity contribution in [3.63, 3.8) is 0 Å². The van der Waals surface area contributed by atoms with Crippen molar-refractivity contribution >= 4 is 54.6 Å². The van der Waals surface area contributed by atoms with Crippen LogP contribution in [0.5, 0.6) is 0 Å². The summed E-state index contributed by atoms with van der Waals surface area (Å²) < 4.78 is 27.6. The number of halogens is 2. The fourth-order valence-corrected chi connectivity index (χ4v) is 4.37. The normalized spacial score (nSPS) is 11.5. The summed E-state index contributed by atoms with van der Waals surface area (Å²) in [4.78, 5) is 0.811. The molecule has 0 fully saturated rings. The van der Waals surface area contributed by atoms with E-state index in [1.54, 1.807) is 24.3 Å². The standard InChI is InChI=1S/C11H10BrClN2O2S2/c12-11-8(13)2-1-3-9(11)15-19(16,17)10-5-4-7(6-14)18-10/h1-5,15H,6,14H2. The van der Waals surface area contributed by atoms with Gasteiger partial charge in [0, 0.05) is 11.4 Å². The lowest BCUT2D eigenvalue weighted by Crippen LogP contribution is -2.11. The zero-order valence-electron chi connectivity index (χ0n) is 9.56. The van der Waals surface area contributed by atoms with E-state index in [2.05, 4.69) is 20.7 Å². The second-order valence-electron chi connectivity index (χ2n) is 3.63. The molecule has 1 aromatic heterocycles. The van der Waals surface area contributed by atoms with E-state index in [9.17, 15) is 8.42 Å². The van der Waals surface area contributed by atoms with Crippen molar-refractivity contribution in [2.75, 3.05) is 4.72 Å². The van der Waals surface area contributed by atoms with Crippen molar-refractivity contribution in [3.8, 4) is 0 Å². The second kappa shape index (κ2) is 5.80. The van der Waals surface area contributed by atoms with Gasteiger partial charge in [0.2, 0.25) is 0 Å². The molecule has 3 N–H and O–H groups in total. The third-order valence-corrected chi connectivity index (χ3v) is 6.66. The number of hydrogen-bond acceptors (Lipinski definition) is 4. The first-order chi connectivity index (χ1) is 8.94. The molecule has 0 aliphatic rings. The average Bonchev–Trinajstić information content (AvgIpc) is 2.84. The molecule has 8 heteroatoms. The first-order valence-electron chi connectivity index (χ1n) is 5.19. The molecule has 0 saturated heterocycles. The first kappa shape index (κ1) is 14.8. The fraction of sp³-hybridized carbons (Fsp3) is 0.0909. The molecule has 0 saturated carbocycles. The molecule has 0 unspecified atom stereocenters. The van der Waals surface area contributed by atoms with Gasteiger partial charge in [0.1, 0.15) is 4.21 Å². The lowest BCUT2D eigenvalue weighted by molar-refractivity contribution is 0.603. The van der Waals surface area contributed by atoms with Crippen molar-refractivity contribution in [1.82, 2.24) is 0 Å². The Bertz CT molecular complexity index is 700.